The highest BCUT2D eigenvalue weighted by atomic mass is 79.9. The van der Waals surface area contributed by atoms with Crippen LogP contribution in [0.4, 0.5) is 0 Å². The first-order valence-electron chi connectivity index (χ1n) is 10.3. The molecule has 0 fully saturated rings. The zero-order chi connectivity index (χ0) is 23.8. The molecule has 5 aromatic rings. The predicted octanol–water partition coefficient (Wildman–Crippen LogP) is 5.78. The molecule has 0 atom stereocenters. The monoisotopic (exact) mass is 535 g/mol. The quantitative estimate of drug-likeness (QED) is 0.287. The lowest BCUT2D eigenvalue weighted by atomic mass is 10.1. The fraction of sp³-hybridized carbons (Fsp3) is 0.0769. The van der Waals surface area contributed by atoms with Crippen molar-refractivity contribution in [1.29, 1.82) is 0 Å². The van der Waals surface area contributed by atoms with Crippen LogP contribution in [0.2, 0.25) is 0 Å². The van der Waals surface area contributed by atoms with Crippen molar-refractivity contribution in [3.8, 4) is 11.5 Å². The largest absolute Gasteiger partial charge is 0.505 e. The molecule has 3 aromatic carbocycles. The number of rotatable bonds is 5. The Morgan fingerprint density at radius 3 is 2.50 bits per heavy atom. The molecule has 0 unspecified atom stereocenters. The zero-order valence-corrected chi connectivity index (χ0v) is 20.4. The minimum absolute atomic E-state index is 0.0391. The van der Waals surface area contributed by atoms with Crippen LogP contribution in [0.15, 0.2) is 101 Å². The van der Waals surface area contributed by atoms with Crippen LogP contribution in [0, 0.1) is 0 Å². The average Bonchev–Trinajstić information content (AvgIpc) is 2.85. The van der Waals surface area contributed by atoms with Gasteiger partial charge < -0.3 is 18.8 Å². The number of nitrogens with zero attached hydrogens (tertiary/aromatic N) is 1. The summed E-state index contributed by atoms with van der Waals surface area (Å²) < 4.78 is 13.3. The van der Waals surface area contributed by atoms with Crippen molar-refractivity contribution in [1.82, 2.24) is 4.57 Å². The van der Waals surface area contributed by atoms with Gasteiger partial charge in [0.2, 0.25) is 0 Å². The second kappa shape index (κ2) is 9.04. The van der Waals surface area contributed by atoms with E-state index < -0.39 is 16.9 Å². The first kappa shape index (κ1) is 22.3. The Morgan fingerprint density at radius 2 is 1.76 bits per heavy atom. The van der Waals surface area contributed by atoms with Gasteiger partial charge >= 0.3 is 5.63 Å². The van der Waals surface area contributed by atoms with Gasteiger partial charge in [-0.3, -0.25) is 4.79 Å². The number of halogens is 1. The minimum atomic E-state index is -0.719. The molecule has 34 heavy (non-hydrogen) atoms. The van der Waals surface area contributed by atoms with Gasteiger partial charge in [0.25, 0.3) is 5.56 Å². The van der Waals surface area contributed by atoms with Crippen molar-refractivity contribution in [3.05, 3.63) is 104 Å². The highest BCUT2D eigenvalue weighted by Gasteiger charge is 2.23. The van der Waals surface area contributed by atoms with Crippen molar-refractivity contribution in [2.24, 2.45) is 0 Å². The summed E-state index contributed by atoms with van der Waals surface area (Å²) in [6.07, 6.45) is 0. The SMILES string of the molecule is COc1ccc2c3oc(=O)c(Sc4ccccc4Br)c(O)c3c(=O)n(Cc3ccccc3)c2c1. The molecular formula is C26H18BrNO5S. The third-order valence-electron chi connectivity index (χ3n) is 5.49. The maximum atomic E-state index is 13.7. The number of hydrogen-bond acceptors (Lipinski definition) is 6. The summed E-state index contributed by atoms with van der Waals surface area (Å²) in [4.78, 5) is 27.3. The van der Waals surface area contributed by atoms with Crippen LogP contribution in [0.3, 0.4) is 0 Å². The first-order valence-corrected chi connectivity index (χ1v) is 12.0. The van der Waals surface area contributed by atoms with Crippen molar-refractivity contribution in [2.45, 2.75) is 16.3 Å². The van der Waals surface area contributed by atoms with E-state index in [0.29, 0.717) is 21.5 Å². The number of aromatic nitrogens is 1. The molecule has 0 bridgehead atoms. The number of pyridine rings is 1. The lowest BCUT2D eigenvalue weighted by Crippen LogP contribution is -2.23. The lowest BCUT2D eigenvalue weighted by Gasteiger charge is -2.15. The smallest absolute Gasteiger partial charge is 0.354 e. The van der Waals surface area contributed by atoms with E-state index in [1.54, 1.807) is 35.9 Å². The standard InChI is InChI=1S/C26H18BrNO5S/c1-32-16-11-12-17-19(13-16)28(14-15-7-3-2-4-8-15)25(30)21-22(29)24(26(31)33-23(17)21)34-20-10-6-5-9-18(20)27/h2-13,29H,14H2,1H3. The van der Waals surface area contributed by atoms with Crippen molar-refractivity contribution >= 4 is 49.6 Å². The van der Waals surface area contributed by atoms with E-state index in [9.17, 15) is 14.7 Å². The highest BCUT2D eigenvalue weighted by molar-refractivity contribution is 9.10. The van der Waals surface area contributed by atoms with Crippen LogP contribution in [0.25, 0.3) is 21.9 Å². The number of benzene rings is 3. The normalized spacial score (nSPS) is 11.2. The second-order valence-corrected chi connectivity index (χ2v) is 9.47. The van der Waals surface area contributed by atoms with E-state index >= 15 is 0 Å². The number of ether oxygens (including phenoxy) is 1. The topological polar surface area (TPSA) is 81.7 Å². The van der Waals surface area contributed by atoms with Gasteiger partial charge in [-0.05, 0) is 45.8 Å². The third-order valence-corrected chi connectivity index (χ3v) is 7.58. The maximum absolute atomic E-state index is 13.7. The van der Waals surface area contributed by atoms with Crippen molar-refractivity contribution < 1.29 is 14.3 Å². The van der Waals surface area contributed by atoms with Crippen molar-refractivity contribution in [3.63, 3.8) is 0 Å². The van der Waals surface area contributed by atoms with Crippen LogP contribution in [0.1, 0.15) is 5.56 Å². The van der Waals surface area contributed by atoms with Gasteiger partial charge in [-0.2, -0.15) is 0 Å². The molecule has 0 saturated heterocycles. The van der Waals surface area contributed by atoms with Gasteiger partial charge in [0.15, 0.2) is 11.3 Å². The molecule has 0 aliphatic rings. The Hall–Kier alpha value is -3.49. The Balaban J connectivity index is 1.82. The molecule has 0 radical (unpaired) electrons. The molecule has 0 spiro atoms. The Morgan fingerprint density at radius 1 is 1.03 bits per heavy atom. The molecule has 6 nitrogen and oxygen atoms in total. The molecule has 0 saturated carbocycles. The van der Waals surface area contributed by atoms with Crippen LogP contribution in [-0.2, 0) is 6.54 Å². The summed E-state index contributed by atoms with van der Waals surface area (Å²) in [6.45, 7) is 0.268. The minimum Gasteiger partial charge on any atom is -0.505 e. The number of hydrogen-bond donors (Lipinski definition) is 1. The summed E-state index contributed by atoms with van der Waals surface area (Å²) in [6, 6.07) is 22.0. The summed E-state index contributed by atoms with van der Waals surface area (Å²) in [5.74, 6) is 0.164. The Bertz CT molecular complexity index is 1660. The summed E-state index contributed by atoms with van der Waals surface area (Å²) >= 11 is 4.49. The number of methoxy groups -OCH3 is 1. The molecular weight excluding hydrogens is 518 g/mol. The van der Waals surface area contributed by atoms with Crippen molar-refractivity contribution in [2.75, 3.05) is 7.11 Å². The fourth-order valence-electron chi connectivity index (χ4n) is 3.84. The Kier molecular flexibility index (Phi) is 5.93. The van der Waals surface area contributed by atoms with Gasteiger partial charge in [-0.1, -0.05) is 54.2 Å². The van der Waals surface area contributed by atoms with Gasteiger partial charge in [0.05, 0.1) is 19.2 Å². The van der Waals surface area contributed by atoms with E-state index in [0.717, 1.165) is 21.8 Å². The third kappa shape index (κ3) is 3.89. The van der Waals surface area contributed by atoms with Gasteiger partial charge in [0.1, 0.15) is 16.0 Å². The van der Waals surface area contributed by atoms with E-state index in [1.165, 1.54) is 0 Å². The Labute approximate surface area is 206 Å². The highest BCUT2D eigenvalue weighted by Crippen LogP contribution is 2.39. The molecule has 0 aliphatic carbocycles. The average molecular weight is 536 g/mol. The second-order valence-electron chi connectivity index (χ2n) is 7.56. The van der Waals surface area contributed by atoms with Gasteiger partial charge in [-0.25, -0.2) is 4.79 Å². The van der Waals surface area contributed by atoms with Crippen LogP contribution < -0.4 is 15.9 Å². The molecule has 0 aliphatic heterocycles. The zero-order valence-electron chi connectivity index (χ0n) is 17.9. The van der Waals surface area contributed by atoms with E-state index in [4.69, 9.17) is 9.15 Å². The maximum Gasteiger partial charge on any atom is 0.354 e. The number of aromatic hydroxyl groups is 1. The molecule has 1 N–H and O–H groups in total. The molecule has 0 amide bonds. The summed E-state index contributed by atoms with van der Waals surface area (Å²) in [5.41, 5.74) is 0.311. The predicted molar refractivity (Wildman–Crippen MR) is 136 cm³/mol. The molecule has 2 aromatic heterocycles. The molecule has 170 valence electrons. The van der Waals surface area contributed by atoms with Gasteiger partial charge in [0, 0.05) is 20.8 Å². The van der Waals surface area contributed by atoms with Gasteiger partial charge in [-0.15, -0.1) is 0 Å². The van der Waals surface area contributed by atoms with Crippen LogP contribution in [-0.4, -0.2) is 16.8 Å². The first-order chi connectivity index (χ1) is 16.5. The fourth-order valence-corrected chi connectivity index (χ4v) is 5.23. The molecule has 8 heteroatoms. The van der Waals surface area contributed by atoms with Crippen LogP contribution >= 0.6 is 27.7 Å². The summed E-state index contributed by atoms with van der Waals surface area (Å²) in [5, 5.41) is 11.7. The van der Waals surface area contributed by atoms with E-state index in [1.807, 2.05) is 48.5 Å². The van der Waals surface area contributed by atoms with E-state index in [2.05, 4.69) is 15.9 Å². The number of fused-ring (bicyclic) bond motifs is 3. The van der Waals surface area contributed by atoms with E-state index in [-0.39, 0.29) is 22.4 Å². The van der Waals surface area contributed by atoms with Crippen LogP contribution in [0.5, 0.6) is 11.5 Å². The molecule has 5 rings (SSSR count). The summed E-state index contributed by atoms with van der Waals surface area (Å²) in [7, 11) is 1.54. The lowest BCUT2D eigenvalue weighted by molar-refractivity contribution is 0.415. The molecule has 2 heterocycles.